The maximum Gasteiger partial charge on any atom is 0.266 e. The number of benzene rings is 2. The summed E-state index contributed by atoms with van der Waals surface area (Å²) in [6.07, 6.45) is 6.98. The molecule has 0 fully saturated rings. The Morgan fingerprint density at radius 3 is 2.74 bits per heavy atom. The highest BCUT2D eigenvalue weighted by Gasteiger charge is 2.21. The molecule has 10 heteroatoms. The van der Waals surface area contributed by atoms with Gasteiger partial charge in [0.15, 0.2) is 0 Å². The summed E-state index contributed by atoms with van der Waals surface area (Å²) in [5, 5.41) is 18.5. The fraction of sp³-hybridized carbons (Fsp3) is 0.179. The summed E-state index contributed by atoms with van der Waals surface area (Å²) in [5.41, 5.74) is 4.57. The molecule has 0 saturated heterocycles. The Morgan fingerprint density at radius 2 is 1.92 bits per heavy atom. The molecule has 6 aromatic rings. The van der Waals surface area contributed by atoms with E-state index < -0.39 is 0 Å². The Hall–Kier alpha value is -4.83. The summed E-state index contributed by atoms with van der Waals surface area (Å²) in [4.78, 5) is 30.9. The fourth-order valence-electron chi connectivity index (χ4n) is 4.83. The minimum absolute atomic E-state index is 0.00380. The lowest BCUT2D eigenvalue weighted by Crippen LogP contribution is -2.27. The normalized spacial score (nSPS) is 12.3. The molecule has 1 unspecified atom stereocenters. The Kier molecular flexibility index (Phi) is 5.93. The highest BCUT2D eigenvalue weighted by molar-refractivity contribution is 6.00. The zero-order chi connectivity index (χ0) is 26.2. The van der Waals surface area contributed by atoms with Crippen LogP contribution in [0.1, 0.15) is 24.4 Å². The van der Waals surface area contributed by atoms with Gasteiger partial charge in [-0.15, -0.1) is 0 Å². The van der Waals surface area contributed by atoms with Crippen LogP contribution in [0.5, 0.6) is 0 Å². The van der Waals surface area contributed by atoms with E-state index in [4.69, 9.17) is 4.98 Å². The predicted octanol–water partition coefficient (Wildman–Crippen LogP) is 3.99. The molecule has 4 aromatic heterocycles. The van der Waals surface area contributed by atoms with Crippen LogP contribution in [0.4, 0.5) is 5.82 Å². The van der Waals surface area contributed by atoms with Crippen LogP contribution in [0.25, 0.3) is 38.8 Å². The van der Waals surface area contributed by atoms with Gasteiger partial charge in [-0.2, -0.15) is 5.10 Å². The van der Waals surface area contributed by atoms with Crippen LogP contribution in [-0.4, -0.2) is 46.0 Å². The highest BCUT2D eigenvalue weighted by atomic mass is 16.3. The van der Waals surface area contributed by atoms with Gasteiger partial charge in [-0.05, 0) is 37.6 Å². The van der Waals surface area contributed by atoms with E-state index in [2.05, 4.69) is 25.4 Å². The molecule has 3 N–H and O–H groups in total. The molecule has 4 heterocycles. The van der Waals surface area contributed by atoms with Crippen LogP contribution in [0, 0.1) is 6.92 Å². The van der Waals surface area contributed by atoms with Gasteiger partial charge in [0.05, 0.1) is 47.4 Å². The summed E-state index contributed by atoms with van der Waals surface area (Å²) >= 11 is 0. The van der Waals surface area contributed by atoms with Crippen molar-refractivity contribution in [1.82, 2.24) is 34.3 Å². The molecule has 0 spiro atoms. The van der Waals surface area contributed by atoms with Gasteiger partial charge in [0.1, 0.15) is 23.6 Å². The molecule has 190 valence electrons. The number of nitrogens with one attached hydrogen (secondary N) is 2. The first kappa shape index (κ1) is 23.6. The standard InChI is InChI=1S/C28H26N8O2/c1-17-7-6-10-22-23(17)28(38)36(20-8-4-3-5-9-20)27(34-22)18(2)33-26-24-21(14-29-25(24)30-16-31-26)19-13-32-35(15-19)11-12-37/h3-10,13-16,18,37H,11-12H2,1-2H3,(H2,29,30,31,33). The van der Waals surface area contributed by atoms with Crippen molar-refractivity contribution in [1.29, 1.82) is 0 Å². The van der Waals surface area contributed by atoms with E-state index in [9.17, 15) is 9.90 Å². The zero-order valence-corrected chi connectivity index (χ0v) is 21.0. The molecule has 10 nitrogen and oxygen atoms in total. The van der Waals surface area contributed by atoms with E-state index in [0.717, 1.165) is 27.8 Å². The van der Waals surface area contributed by atoms with Crippen molar-refractivity contribution in [3.8, 4) is 16.8 Å². The molecule has 38 heavy (non-hydrogen) atoms. The quantitative estimate of drug-likeness (QED) is 0.299. The number of anilines is 1. The largest absolute Gasteiger partial charge is 0.394 e. The number of aliphatic hydroxyl groups is 1. The lowest BCUT2D eigenvalue weighted by Gasteiger charge is -2.21. The van der Waals surface area contributed by atoms with Crippen molar-refractivity contribution in [3.63, 3.8) is 0 Å². The number of hydrogen-bond donors (Lipinski definition) is 3. The molecule has 0 aliphatic heterocycles. The molecule has 0 radical (unpaired) electrons. The van der Waals surface area contributed by atoms with Gasteiger partial charge < -0.3 is 15.4 Å². The Labute approximate surface area is 217 Å². The summed E-state index contributed by atoms with van der Waals surface area (Å²) in [5.74, 6) is 1.17. The van der Waals surface area contributed by atoms with E-state index in [-0.39, 0.29) is 18.2 Å². The molecule has 0 aliphatic rings. The first-order valence-electron chi connectivity index (χ1n) is 12.3. The topological polar surface area (TPSA) is 127 Å². The monoisotopic (exact) mass is 506 g/mol. The second kappa shape index (κ2) is 9.56. The predicted molar refractivity (Wildman–Crippen MR) is 146 cm³/mol. The van der Waals surface area contributed by atoms with Crippen molar-refractivity contribution in [2.75, 3.05) is 11.9 Å². The van der Waals surface area contributed by atoms with Crippen LogP contribution in [-0.2, 0) is 6.54 Å². The van der Waals surface area contributed by atoms with E-state index >= 15 is 0 Å². The fourth-order valence-corrected chi connectivity index (χ4v) is 4.83. The van der Waals surface area contributed by atoms with Crippen LogP contribution < -0.4 is 10.9 Å². The summed E-state index contributed by atoms with van der Waals surface area (Å²) in [7, 11) is 0. The van der Waals surface area contributed by atoms with E-state index in [1.165, 1.54) is 6.33 Å². The Balaban J connectivity index is 1.48. The highest BCUT2D eigenvalue weighted by Crippen LogP contribution is 2.33. The van der Waals surface area contributed by atoms with Gasteiger partial charge in [-0.1, -0.05) is 30.3 Å². The summed E-state index contributed by atoms with van der Waals surface area (Å²) in [6, 6.07) is 14.9. The number of fused-ring (bicyclic) bond motifs is 2. The number of rotatable bonds is 7. The molecule has 0 bridgehead atoms. The molecular weight excluding hydrogens is 480 g/mol. The molecular formula is C28H26N8O2. The molecule has 0 saturated carbocycles. The lowest BCUT2D eigenvalue weighted by molar-refractivity contribution is 0.269. The molecule has 2 aromatic carbocycles. The maximum absolute atomic E-state index is 13.8. The zero-order valence-electron chi connectivity index (χ0n) is 21.0. The van der Waals surface area contributed by atoms with Crippen LogP contribution in [0.15, 0.2) is 78.2 Å². The van der Waals surface area contributed by atoms with Gasteiger partial charge in [-0.3, -0.25) is 14.0 Å². The number of para-hydroxylation sites is 1. The first-order valence-corrected chi connectivity index (χ1v) is 12.3. The van der Waals surface area contributed by atoms with Gasteiger partial charge in [-0.25, -0.2) is 15.0 Å². The van der Waals surface area contributed by atoms with Crippen LogP contribution in [0.2, 0.25) is 0 Å². The second-order valence-corrected chi connectivity index (χ2v) is 9.15. The maximum atomic E-state index is 13.8. The SMILES string of the molecule is Cc1cccc2nc(C(C)Nc3ncnc4[nH]cc(-c5cnn(CCO)c5)c34)n(-c3ccccc3)c(=O)c12. The lowest BCUT2D eigenvalue weighted by atomic mass is 10.1. The Bertz CT molecular complexity index is 1820. The third kappa shape index (κ3) is 4.00. The Morgan fingerprint density at radius 1 is 1.08 bits per heavy atom. The van der Waals surface area contributed by atoms with E-state index in [1.54, 1.807) is 15.4 Å². The number of aryl methyl sites for hydroxylation is 1. The second-order valence-electron chi connectivity index (χ2n) is 9.15. The average molecular weight is 507 g/mol. The number of H-pyrrole nitrogens is 1. The van der Waals surface area contributed by atoms with E-state index in [0.29, 0.717) is 34.7 Å². The summed E-state index contributed by atoms with van der Waals surface area (Å²) < 4.78 is 3.36. The minimum atomic E-state index is -0.384. The van der Waals surface area contributed by atoms with Gasteiger partial charge in [0, 0.05) is 23.5 Å². The summed E-state index contributed by atoms with van der Waals surface area (Å²) in [6.45, 7) is 4.30. The van der Waals surface area contributed by atoms with E-state index in [1.807, 2.05) is 74.8 Å². The average Bonchev–Trinajstić information content (AvgIpc) is 3.57. The molecule has 0 aliphatic carbocycles. The third-order valence-electron chi connectivity index (χ3n) is 6.63. The van der Waals surface area contributed by atoms with Crippen molar-refractivity contribution in [2.45, 2.75) is 26.4 Å². The van der Waals surface area contributed by atoms with Gasteiger partial charge >= 0.3 is 0 Å². The molecule has 1 atom stereocenters. The van der Waals surface area contributed by atoms with Gasteiger partial charge in [0.25, 0.3) is 5.56 Å². The van der Waals surface area contributed by atoms with Crippen molar-refractivity contribution in [3.05, 3.63) is 95.2 Å². The van der Waals surface area contributed by atoms with Crippen molar-refractivity contribution >= 4 is 27.8 Å². The van der Waals surface area contributed by atoms with Crippen molar-refractivity contribution in [2.24, 2.45) is 0 Å². The smallest absolute Gasteiger partial charge is 0.266 e. The molecule has 6 rings (SSSR count). The minimum Gasteiger partial charge on any atom is -0.394 e. The number of hydrogen-bond acceptors (Lipinski definition) is 7. The van der Waals surface area contributed by atoms with Crippen LogP contribution >= 0.6 is 0 Å². The van der Waals surface area contributed by atoms with Crippen molar-refractivity contribution < 1.29 is 5.11 Å². The van der Waals surface area contributed by atoms with Crippen LogP contribution in [0.3, 0.4) is 0 Å². The third-order valence-corrected chi connectivity index (χ3v) is 6.63. The van der Waals surface area contributed by atoms with Gasteiger partial charge in [0.2, 0.25) is 0 Å². The number of aromatic amines is 1. The molecule has 0 amide bonds. The number of aromatic nitrogens is 7. The number of aliphatic hydroxyl groups excluding tert-OH is 1. The number of nitrogens with zero attached hydrogens (tertiary/aromatic N) is 6. The first-order chi connectivity index (χ1) is 18.5.